The quantitative estimate of drug-likeness (QED) is 0.895. The first kappa shape index (κ1) is 16.0. The molecule has 0 heterocycles. The first-order valence-corrected chi connectivity index (χ1v) is 5.84. The van der Waals surface area contributed by atoms with Gasteiger partial charge in [0.15, 0.2) is 0 Å². The molecule has 1 atom stereocenters. The molecule has 3 N–H and O–H groups in total. The number of rotatable bonds is 3. The molecule has 0 saturated carbocycles. The van der Waals surface area contributed by atoms with Crippen molar-refractivity contribution in [1.82, 2.24) is 0 Å². The third-order valence-corrected chi connectivity index (χ3v) is 2.73. The molecule has 0 spiro atoms. The predicted octanol–water partition coefficient (Wildman–Crippen LogP) is 2.50. The number of hydrogen-bond donors (Lipinski definition) is 2. The zero-order chi connectivity index (χ0) is 15.5. The number of hydrogen-bond acceptors (Lipinski definition) is 3. The van der Waals surface area contributed by atoms with Crippen molar-refractivity contribution in [3.05, 3.63) is 29.3 Å². The summed E-state index contributed by atoms with van der Waals surface area (Å²) in [5.41, 5.74) is 3.97. The largest absolute Gasteiger partial charge is 0.417 e. The number of amides is 1. The summed E-state index contributed by atoms with van der Waals surface area (Å²) in [6, 6.07) is 3.62. The Hall–Kier alpha value is -2.07. The van der Waals surface area contributed by atoms with Gasteiger partial charge in [-0.15, -0.1) is 0 Å². The Morgan fingerprint density at radius 1 is 1.40 bits per heavy atom. The second kappa shape index (κ2) is 5.92. The van der Waals surface area contributed by atoms with Crippen LogP contribution in [0.25, 0.3) is 0 Å². The Labute approximate surface area is 114 Å². The molecule has 108 valence electrons. The summed E-state index contributed by atoms with van der Waals surface area (Å²) < 4.78 is 38.3. The molecule has 0 aliphatic rings. The molecule has 1 aromatic carbocycles. The Kier molecular flexibility index (Phi) is 4.73. The van der Waals surface area contributed by atoms with Gasteiger partial charge in [-0.3, -0.25) is 4.79 Å². The van der Waals surface area contributed by atoms with Crippen molar-refractivity contribution in [2.75, 3.05) is 5.32 Å². The van der Waals surface area contributed by atoms with Crippen LogP contribution in [-0.4, -0.2) is 11.9 Å². The van der Waals surface area contributed by atoms with Crippen LogP contribution >= 0.6 is 0 Å². The molecule has 0 aliphatic heterocycles. The van der Waals surface area contributed by atoms with Crippen molar-refractivity contribution < 1.29 is 18.0 Å². The van der Waals surface area contributed by atoms with E-state index in [4.69, 9.17) is 11.0 Å². The van der Waals surface area contributed by atoms with E-state index in [1.807, 2.05) is 0 Å². The van der Waals surface area contributed by atoms with Crippen LogP contribution in [0.1, 0.15) is 25.0 Å². The minimum absolute atomic E-state index is 0.0441. The van der Waals surface area contributed by atoms with Gasteiger partial charge in [-0.1, -0.05) is 13.8 Å². The van der Waals surface area contributed by atoms with Crippen molar-refractivity contribution >= 4 is 11.6 Å². The molecule has 0 aromatic heterocycles. The maximum Gasteiger partial charge on any atom is 0.417 e. The van der Waals surface area contributed by atoms with Crippen LogP contribution in [0.15, 0.2) is 18.2 Å². The minimum atomic E-state index is -4.66. The lowest BCUT2D eigenvalue weighted by Crippen LogP contribution is -2.39. The fourth-order valence-corrected chi connectivity index (χ4v) is 1.48. The molecular weight excluding hydrogens is 271 g/mol. The summed E-state index contributed by atoms with van der Waals surface area (Å²) in [4.78, 5) is 11.7. The topological polar surface area (TPSA) is 78.9 Å². The lowest BCUT2D eigenvalue weighted by molar-refractivity contribution is -0.137. The number of carbonyl (C=O) groups excluding carboxylic acids is 1. The lowest BCUT2D eigenvalue weighted by Gasteiger charge is -2.16. The molecule has 0 saturated heterocycles. The van der Waals surface area contributed by atoms with Gasteiger partial charge in [0.2, 0.25) is 5.91 Å². The average Bonchev–Trinajstić information content (AvgIpc) is 2.36. The lowest BCUT2D eigenvalue weighted by atomic mass is 10.0. The predicted molar refractivity (Wildman–Crippen MR) is 67.6 cm³/mol. The highest BCUT2D eigenvalue weighted by molar-refractivity contribution is 5.95. The van der Waals surface area contributed by atoms with E-state index in [0.29, 0.717) is 0 Å². The smallest absolute Gasteiger partial charge is 0.325 e. The van der Waals surface area contributed by atoms with Crippen LogP contribution in [0.3, 0.4) is 0 Å². The van der Waals surface area contributed by atoms with E-state index >= 15 is 0 Å². The number of carbonyl (C=O) groups is 1. The van der Waals surface area contributed by atoms with Crippen molar-refractivity contribution in [1.29, 1.82) is 5.26 Å². The third kappa shape index (κ3) is 3.71. The standard InChI is InChI=1S/C13H14F3N3O/c1-7(2)11(18)12(20)19-9-4-3-8(6-17)10(5-9)13(14,15)16/h3-5,7,11H,18H2,1-2H3,(H,19,20)/t11-/m0/s1. The summed E-state index contributed by atoms with van der Waals surface area (Å²) in [5.74, 6) is -0.715. The van der Waals surface area contributed by atoms with E-state index < -0.39 is 29.3 Å². The van der Waals surface area contributed by atoms with E-state index in [-0.39, 0.29) is 11.6 Å². The second-order valence-electron chi connectivity index (χ2n) is 4.63. The first-order valence-electron chi connectivity index (χ1n) is 5.84. The normalized spacial score (nSPS) is 12.9. The molecule has 7 heteroatoms. The molecule has 0 unspecified atom stereocenters. The van der Waals surface area contributed by atoms with Crippen LogP contribution in [0.5, 0.6) is 0 Å². The van der Waals surface area contributed by atoms with Crippen LogP contribution in [-0.2, 0) is 11.0 Å². The molecule has 4 nitrogen and oxygen atoms in total. The van der Waals surface area contributed by atoms with Crippen LogP contribution in [0.4, 0.5) is 18.9 Å². The number of nitriles is 1. The molecule has 1 aromatic rings. The Balaban J connectivity index is 3.05. The Morgan fingerprint density at radius 2 is 2.00 bits per heavy atom. The van der Waals surface area contributed by atoms with Gasteiger partial charge in [0, 0.05) is 5.69 Å². The number of halogens is 3. The summed E-state index contributed by atoms with van der Waals surface area (Å²) in [5, 5.41) is 11.0. The van der Waals surface area contributed by atoms with Crippen LogP contribution < -0.4 is 11.1 Å². The van der Waals surface area contributed by atoms with E-state index in [2.05, 4.69) is 5.32 Å². The van der Waals surface area contributed by atoms with Crippen LogP contribution in [0.2, 0.25) is 0 Å². The number of nitrogens with one attached hydrogen (secondary N) is 1. The van der Waals surface area contributed by atoms with Crippen molar-refractivity contribution in [2.45, 2.75) is 26.1 Å². The second-order valence-corrected chi connectivity index (χ2v) is 4.63. The first-order chi connectivity index (χ1) is 9.16. The molecule has 0 fully saturated rings. The molecule has 20 heavy (non-hydrogen) atoms. The SMILES string of the molecule is CC(C)[C@H](N)C(=O)Nc1ccc(C#N)c(C(F)(F)F)c1. The summed E-state index contributed by atoms with van der Waals surface area (Å²) >= 11 is 0. The molecule has 1 amide bonds. The number of nitrogens with two attached hydrogens (primary N) is 1. The Bertz CT molecular complexity index is 547. The molecule has 0 bridgehead atoms. The van der Waals surface area contributed by atoms with Gasteiger partial charge in [-0.2, -0.15) is 18.4 Å². The monoisotopic (exact) mass is 285 g/mol. The summed E-state index contributed by atoms with van der Waals surface area (Å²) in [6.45, 7) is 3.45. The molecule has 0 radical (unpaired) electrons. The van der Waals surface area contributed by atoms with Gasteiger partial charge in [0.25, 0.3) is 0 Å². The molecular formula is C13H14F3N3O. The van der Waals surface area contributed by atoms with Gasteiger partial charge in [0.1, 0.15) is 0 Å². The van der Waals surface area contributed by atoms with Gasteiger partial charge in [-0.25, -0.2) is 0 Å². The van der Waals surface area contributed by atoms with Gasteiger partial charge in [-0.05, 0) is 24.1 Å². The fourth-order valence-electron chi connectivity index (χ4n) is 1.48. The number of alkyl halides is 3. The maximum absolute atomic E-state index is 12.8. The third-order valence-electron chi connectivity index (χ3n) is 2.73. The summed E-state index contributed by atoms with van der Waals surface area (Å²) in [7, 11) is 0. The van der Waals surface area contributed by atoms with Gasteiger partial charge < -0.3 is 11.1 Å². The fraction of sp³-hybridized carbons (Fsp3) is 0.385. The molecule has 0 aliphatic carbocycles. The van der Waals surface area contributed by atoms with E-state index in [1.54, 1.807) is 13.8 Å². The van der Waals surface area contributed by atoms with Crippen molar-refractivity contribution in [2.24, 2.45) is 11.7 Å². The zero-order valence-corrected chi connectivity index (χ0v) is 11.0. The molecule has 1 rings (SSSR count). The highest BCUT2D eigenvalue weighted by Gasteiger charge is 2.34. The van der Waals surface area contributed by atoms with Crippen molar-refractivity contribution in [3.63, 3.8) is 0 Å². The van der Waals surface area contributed by atoms with Crippen LogP contribution in [0, 0.1) is 17.2 Å². The van der Waals surface area contributed by atoms with Gasteiger partial charge >= 0.3 is 6.18 Å². The van der Waals surface area contributed by atoms with Gasteiger partial charge in [0.05, 0.1) is 23.2 Å². The van der Waals surface area contributed by atoms with E-state index in [9.17, 15) is 18.0 Å². The minimum Gasteiger partial charge on any atom is -0.325 e. The number of benzene rings is 1. The number of nitrogens with zero attached hydrogens (tertiary/aromatic N) is 1. The highest BCUT2D eigenvalue weighted by atomic mass is 19.4. The Morgan fingerprint density at radius 3 is 2.45 bits per heavy atom. The number of anilines is 1. The van der Waals surface area contributed by atoms with E-state index in [1.165, 1.54) is 12.1 Å². The average molecular weight is 285 g/mol. The maximum atomic E-state index is 12.8. The zero-order valence-electron chi connectivity index (χ0n) is 11.0. The summed E-state index contributed by atoms with van der Waals surface area (Å²) in [6.07, 6.45) is -4.66. The highest BCUT2D eigenvalue weighted by Crippen LogP contribution is 2.33. The van der Waals surface area contributed by atoms with E-state index in [0.717, 1.165) is 12.1 Å². The van der Waals surface area contributed by atoms with Crippen molar-refractivity contribution in [3.8, 4) is 6.07 Å².